The van der Waals surface area contributed by atoms with Crippen LogP contribution in [0.4, 0.5) is 0 Å². The molecule has 0 amide bonds. The van der Waals surface area contributed by atoms with E-state index in [0.717, 1.165) is 17.8 Å². The second kappa shape index (κ2) is 4.96. The number of rotatable bonds is 3. The van der Waals surface area contributed by atoms with E-state index in [9.17, 15) is 0 Å². The summed E-state index contributed by atoms with van der Waals surface area (Å²) >= 11 is 0. The molecule has 0 aromatic rings. The van der Waals surface area contributed by atoms with Crippen molar-refractivity contribution in [2.75, 3.05) is 13.7 Å². The third-order valence-electron chi connectivity index (χ3n) is 2.75. The van der Waals surface area contributed by atoms with Crippen LogP contribution in [0.2, 0.25) is 0 Å². The topological polar surface area (TPSA) is 51.5 Å². The Hall–Kier alpha value is -1.32. The Kier molecular flexibility index (Phi) is 3.88. The molecule has 2 N–H and O–H groups in total. The van der Waals surface area contributed by atoms with E-state index in [-0.39, 0.29) is 0 Å². The summed E-state index contributed by atoms with van der Waals surface area (Å²) in [6.45, 7) is 6.95. The molecule has 0 fully saturated rings. The predicted octanol–water partition coefficient (Wildman–Crippen LogP) is 1.80. The molecular formula is C11H20N4. The van der Waals surface area contributed by atoms with Crippen LogP contribution in [-0.2, 0) is 0 Å². The number of aliphatic imine (C=N–C) groups is 1. The van der Waals surface area contributed by atoms with Gasteiger partial charge in [0.05, 0.1) is 6.67 Å². The highest BCUT2D eigenvalue weighted by Crippen LogP contribution is 2.13. The van der Waals surface area contributed by atoms with Gasteiger partial charge in [0, 0.05) is 19.0 Å². The molecule has 1 heterocycles. The van der Waals surface area contributed by atoms with Gasteiger partial charge >= 0.3 is 0 Å². The molecule has 1 aliphatic rings. The van der Waals surface area contributed by atoms with Gasteiger partial charge < -0.3 is 10.2 Å². The second-order valence-electron chi connectivity index (χ2n) is 4.01. The first-order valence-electron chi connectivity index (χ1n) is 5.35. The molecule has 0 aromatic carbocycles. The SMILES string of the molecule is CCC(C)C=NC1=C(C)N(C)CNC1=N. The summed E-state index contributed by atoms with van der Waals surface area (Å²) in [5.41, 5.74) is 1.81. The zero-order valence-electron chi connectivity index (χ0n) is 9.96. The van der Waals surface area contributed by atoms with E-state index in [0.29, 0.717) is 18.4 Å². The van der Waals surface area contributed by atoms with Gasteiger partial charge in [0.15, 0.2) is 0 Å². The fraction of sp³-hybridized carbons (Fsp3) is 0.636. The Morgan fingerprint density at radius 2 is 2.33 bits per heavy atom. The van der Waals surface area contributed by atoms with Crippen molar-refractivity contribution in [1.82, 2.24) is 10.2 Å². The predicted molar refractivity (Wildman–Crippen MR) is 64.1 cm³/mol. The maximum absolute atomic E-state index is 7.76. The first-order valence-corrected chi connectivity index (χ1v) is 5.35. The standard InChI is InChI=1S/C11H20N4/c1-5-8(2)6-13-10-9(3)15(4)7-14-11(10)12/h6,8H,5,7H2,1-4H3,(H2,12,14). The summed E-state index contributed by atoms with van der Waals surface area (Å²) in [5.74, 6) is 0.885. The van der Waals surface area contributed by atoms with Gasteiger partial charge in [0.1, 0.15) is 11.5 Å². The number of amidine groups is 1. The lowest BCUT2D eigenvalue weighted by atomic mass is 10.1. The fourth-order valence-corrected chi connectivity index (χ4v) is 1.23. The van der Waals surface area contributed by atoms with Gasteiger partial charge in [0.25, 0.3) is 0 Å². The summed E-state index contributed by atoms with van der Waals surface area (Å²) in [5, 5.41) is 10.7. The van der Waals surface area contributed by atoms with E-state index in [1.54, 1.807) is 0 Å². The lowest BCUT2D eigenvalue weighted by Crippen LogP contribution is -2.40. The van der Waals surface area contributed by atoms with E-state index in [1.807, 2.05) is 20.2 Å². The summed E-state index contributed by atoms with van der Waals surface area (Å²) < 4.78 is 0. The van der Waals surface area contributed by atoms with Crippen LogP contribution in [0.15, 0.2) is 16.4 Å². The molecule has 0 saturated heterocycles. The van der Waals surface area contributed by atoms with Gasteiger partial charge in [-0.1, -0.05) is 13.8 Å². The number of allylic oxidation sites excluding steroid dienone is 1. The van der Waals surface area contributed by atoms with Gasteiger partial charge in [-0.25, -0.2) is 0 Å². The van der Waals surface area contributed by atoms with E-state index >= 15 is 0 Å². The molecule has 1 aliphatic heterocycles. The van der Waals surface area contributed by atoms with Crippen LogP contribution in [0.5, 0.6) is 0 Å². The van der Waals surface area contributed by atoms with Crippen LogP contribution in [0.25, 0.3) is 0 Å². The van der Waals surface area contributed by atoms with Crippen molar-refractivity contribution in [3.8, 4) is 0 Å². The maximum atomic E-state index is 7.76. The van der Waals surface area contributed by atoms with Crippen LogP contribution in [0.3, 0.4) is 0 Å². The number of hydrogen-bond donors (Lipinski definition) is 2. The molecule has 0 radical (unpaired) electrons. The Labute approximate surface area is 91.6 Å². The highest BCUT2D eigenvalue weighted by atomic mass is 15.3. The number of nitrogens with zero attached hydrogens (tertiary/aromatic N) is 2. The van der Waals surface area contributed by atoms with Crippen LogP contribution in [0, 0.1) is 11.3 Å². The highest BCUT2D eigenvalue weighted by molar-refractivity contribution is 5.98. The summed E-state index contributed by atoms with van der Waals surface area (Å²) in [7, 11) is 1.99. The average molecular weight is 208 g/mol. The fourth-order valence-electron chi connectivity index (χ4n) is 1.23. The molecule has 4 nitrogen and oxygen atoms in total. The van der Waals surface area contributed by atoms with Crippen molar-refractivity contribution in [2.45, 2.75) is 27.2 Å². The largest absolute Gasteiger partial charge is 0.359 e. The smallest absolute Gasteiger partial charge is 0.147 e. The molecular weight excluding hydrogens is 188 g/mol. The quantitative estimate of drug-likeness (QED) is 0.695. The Balaban J connectivity index is 2.85. The molecule has 1 unspecified atom stereocenters. The van der Waals surface area contributed by atoms with Crippen LogP contribution in [0.1, 0.15) is 27.2 Å². The summed E-state index contributed by atoms with van der Waals surface area (Å²) in [4.78, 5) is 6.45. The molecule has 0 aromatic heterocycles. The van der Waals surface area contributed by atoms with Gasteiger partial charge in [-0.05, 0) is 19.3 Å². The molecule has 1 atom stereocenters. The summed E-state index contributed by atoms with van der Waals surface area (Å²) in [6.07, 6.45) is 3.00. The molecule has 0 aliphatic carbocycles. The van der Waals surface area contributed by atoms with Gasteiger partial charge in [0.2, 0.25) is 0 Å². The third kappa shape index (κ3) is 2.81. The Morgan fingerprint density at radius 3 is 2.93 bits per heavy atom. The highest BCUT2D eigenvalue weighted by Gasteiger charge is 2.16. The van der Waals surface area contributed by atoms with Crippen molar-refractivity contribution in [2.24, 2.45) is 10.9 Å². The first-order chi connectivity index (χ1) is 7.06. The molecule has 1 rings (SSSR count). The van der Waals surface area contributed by atoms with Crippen molar-refractivity contribution >= 4 is 12.1 Å². The molecule has 4 heteroatoms. The van der Waals surface area contributed by atoms with E-state index < -0.39 is 0 Å². The molecule has 0 bridgehead atoms. The van der Waals surface area contributed by atoms with Crippen LogP contribution < -0.4 is 5.32 Å². The van der Waals surface area contributed by atoms with Crippen LogP contribution >= 0.6 is 0 Å². The normalized spacial score (nSPS) is 19.7. The Bertz CT molecular complexity index is 304. The molecule has 84 valence electrons. The maximum Gasteiger partial charge on any atom is 0.147 e. The molecule has 15 heavy (non-hydrogen) atoms. The van der Waals surface area contributed by atoms with E-state index in [2.05, 4.69) is 29.1 Å². The third-order valence-corrected chi connectivity index (χ3v) is 2.75. The van der Waals surface area contributed by atoms with Gasteiger partial charge in [-0.3, -0.25) is 10.4 Å². The lowest BCUT2D eigenvalue weighted by Gasteiger charge is -2.28. The van der Waals surface area contributed by atoms with Gasteiger partial charge in [-0.2, -0.15) is 0 Å². The monoisotopic (exact) mass is 208 g/mol. The number of hydrogen-bond acceptors (Lipinski definition) is 3. The minimum atomic E-state index is 0.421. The zero-order valence-corrected chi connectivity index (χ0v) is 9.96. The van der Waals surface area contributed by atoms with Crippen molar-refractivity contribution in [3.63, 3.8) is 0 Å². The van der Waals surface area contributed by atoms with Crippen molar-refractivity contribution in [1.29, 1.82) is 5.41 Å². The van der Waals surface area contributed by atoms with E-state index in [1.165, 1.54) is 0 Å². The minimum absolute atomic E-state index is 0.421. The van der Waals surface area contributed by atoms with Crippen LogP contribution in [-0.4, -0.2) is 30.7 Å². The van der Waals surface area contributed by atoms with E-state index in [4.69, 9.17) is 5.41 Å². The number of nitrogens with one attached hydrogen (secondary N) is 2. The molecule has 0 saturated carbocycles. The lowest BCUT2D eigenvalue weighted by molar-refractivity contribution is 0.394. The first kappa shape index (κ1) is 11.8. The second-order valence-corrected chi connectivity index (χ2v) is 4.01. The van der Waals surface area contributed by atoms with Crippen molar-refractivity contribution in [3.05, 3.63) is 11.4 Å². The Morgan fingerprint density at radius 1 is 1.67 bits per heavy atom. The minimum Gasteiger partial charge on any atom is -0.359 e. The zero-order chi connectivity index (χ0) is 11.4. The summed E-state index contributed by atoms with van der Waals surface area (Å²) in [6, 6.07) is 0. The van der Waals surface area contributed by atoms with Crippen molar-refractivity contribution < 1.29 is 0 Å². The van der Waals surface area contributed by atoms with Gasteiger partial charge in [-0.15, -0.1) is 0 Å². The average Bonchev–Trinajstić information content (AvgIpc) is 2.23. The molecule has 0 spiro atoms.